The third-order valence-electron chi connectivity index (χ3n) is 2.49. The highest BCUT2D eigenvalue weighted by atomic mass is 35.5. The Morgan fingerprint density at radius 1 is 1.22 bits per heavy atom. The first-order valence-corrected chi connectivity index (χ1v) is 5.74. The second kappa shape index (κ2) is 4.44. The van der Waals surface area contributed by atoms with Crippen LogP contribution in [0.25, 0.3) is 5.69 Å². The van der Waals surface area contributed by atoms with Gasteiger partial charge in [0.25, 0.3) is 0 Å². The molecular formula is C11H8ClF3N2S. The molecule has 0 aliphatic carbocycles. The third kappa shape index (κ3) is 2.30. The summed E-state index contributed by atoms with van der Waals surface area (Å²) in [6.07, 6.45) is -4.45. The maximum atomic E-state index is 12.7. The molecule has 2 rings (SSSR count). The van der Waals surface area contributed by atoms with Crippen LogP contribution in [-0.4, -0.2) is 9.78 Å². The van der Waals surface area contributed by atoms with Crippen molar-refractivity contribution in [2.75, 3.05) is 0 Å². The molecule has 0 aliphatic rings. The third-order valence-corrected chi connectivity index (χ3v) is 3.23. The van der Waals surface area contributed by atoms with E-state index >= 15 is 0 Å². The highest BCUT2D eigenvalue weighted by Crippen LogP contribution is 2.31. The highest BCUT2D eigenvalue weighted by molar-refractivity contribution is 7.71. The zero-order valence-corrected chi connectivity index (χ0v) is 10.7. The summed E-state index contributed by atoms with van der Waals surface area (Å²) >= 11 is 10.7. The molecule has 1 aromatic carbocycles. The topological polar surface area (TPSA) is 20.7 Å². The standard InChI is InChI=1S/C11H8ClF3N2S/c1-6-9(11(13,14)15)16-17(10(6)18)8-4-2-7(12)3-5-8/h2-5,16H,1H3. The average molecular weight is 293 g/mol. The van der Waals surface area contributed by atoms with E-state index in [0.717, 1.165) is 0 Å². The van der Waals surface area contributed by atoms with E-state index in [1.54, 1.807) is 24.3 Å². The minimum Gasteiger partial charge on any atom is -0.288 e. The van der Waals surface area contributed by atoms with Crippen molar-refractivity contribution in [1.29, 1.82) is 0 Å². The van der Waals surface area contributed by atoms with E-state index in [9.17, 15) is 13.2 Å². The normalized spacial score (nSPS) is 11.8. The Morgan fingerprint density at radius 3 is 2.22 bits per heavy atom. The Labute approximate surface area is 111 Å². The fraction of sp³-hybridized carbons (Fsp3) is 0.182. The minimum absolute atomic E-state index is 0.00690. The van der Waals surface area contributed by atoms with Crippen molar-refractivity contribution in [2.45, 2.75) is 13.1 Å². The lowest BCUT2D eigenvalue weighted by atomic mass is 10.3. The van der Waals surface area contributed by atoms with Crippen LogP contribution in [0, 0.1) is 11.6 Å². The Hall–Kier alpha value is -1.27. The Bertz CT molecular complexity index is 625. The lowest BCUT2D eigenvalue weighted by Gasteiger charge is -2.05. The van der Waals surface area contributed by atoms with E-state index in [1.807, 2.05) is 0 Å². The molecule has 1 heterocycles. The summed E-state index contributed by atoms with van der Waals surface area (Å²) in [5.74, 6) is 0. The summed E-state index contributed by atoms with van der Waals surface area (Å²) < 4.78 is 39.4. The molecule has 0 atom stereocenters. The number of hydrogen-bond acceptors (Lipinski definition) is 1. The van der Waals surface area contributed by atoms with Gasteiger partial charge in [0.2, 0.25) is 0 Å². The highest BCUT2D eigenvalue weighted by Gasteiger charge is 2.35. The Balaban J connectivity index is 2.60. The maximum absolute atomic E-state index is 12.7. The van der Waals surface area contributed by atoms with Crippen LogP contribution >= 0.6 is 23.8 Å². The summed E-state index contributed by atoms with van der Waals surface area (Å²) in [6.45, 7) is 1.34. The first kappa shape index (κ1) is 13.2. The largest absolute Gasteiger partial charge is 0.433 e. The molecule has 0 fully saturated rings. The van der Waals surface area contributed by atoms with Crippen LogP contribution in [0.4, 0.5) is 13.2 Å². The SMILES string of the molecule is Cc1c(C(F)(F)F)[nH]n(-c2ccc(Cl)cc2)c1=S. The summed E-state index contributed by atoms with van der Waals surface area (Å²) in [5.41, 5.74) is -0.321. The van der Waals surface area contributed by atoms with Crippen molar-refractivity contribution in [3.05, 3.63) is 45.2 Å². The molecule has 96 valence electrons. The van der Waals surface area contributed by atoms with Gasteiger partial charge in [-0.15, -0.1) is 0 Å². The van der Waals surface area contributed by atoms with Crippen molar-refractivity contribution in [3.8, 4) is 5.69 Å². The van der Waals surface area contributed by atoms with Gasteiger partial charge in [-0.1, -0.05) is 23.8 Å². The molecule has 1 aromatic heterocycles. The van der Waals surface area contributed by atoms with Gasteiger partial charge in [0, 0.05) is 10.6 Å². The second-order valence-corrected chi connectivity index (χ2v) is 4.55. The monoisotopic (exact) mass is 292 g/mol. The van der Waals surface area contributed by atoms with Crippen molar-refractivity contribution >= 4 is 23.8 Å². The quantitative estimate of drug-likeness (QED) is 0.767. The van der Waals surface area contributed by atoms with Gasteiger partial charge in [-0.05, 0) is 31.2 Å². The summed E-state index contributed by atoms with van der Waals surface area (Å²) in [6, 6.07) is 6.35. The van der Waals surface area contributed by atoms with Crippen molar-refractivity contribution < 1.29 is 13.2 Å². The molecule has 2 aromatic rings. The first-order chi connectivity index (χ1) is 8.30. The number of nitrogens with one attached hydrogen (secondary N) is 1. The van der Waals surface area contributed by atoms with E-state index in [4.69, 9.17) is 23.8 Å². The summed E-state index contributed by atoms with van der Waals surface area (Å²) in [7, 11) is 0. The number of hydrogen-bond donors (Lipinski definition) is 1. The minimum atomic E-state index is -4.45. The summed E-state index contributed by atoms with van der Waals surface area (Å²) in [4.78, 5) is 0. The number of halogens is 4. The molecule has 1 N–H and O–H groups in total. The van der Waals surface area contributed by atoms with Crippen LogP contribution < -0.4 is 0 Å². The predicted molar refractivity (Wildman–Crippen MR) is 65.7 cm³/mol. The fourth-order valence-electron chi connectivity index (χ4n) is 1.57. The van der Waals surface area contributed by atoms with Gasteiger partial charge in [0.05, 0.1) is 5.69 Å². The smallest absolute Gasteiger partial charge is 0.288 e. The number of H-pyrrole nitrogens is 1. The molecule has 2 nitrogen and oxygen atoms in total. The molecule has 0 spiro atoms. The van der Waals surface area contributed by atoms with Crippen LogP contribution in [-0.2, 0) is 6.18 Å². The molecule has 0 unspecified atom stereocenters. The molecular weight excluding hydrogens is 285 g/mol. The first-order valence-electron chi connectivity index (χ1n) is 4.95. The molecule has 18 heavy (non-hydrogen) atoms. The number of nitrogens with zero attached hydrogens (tertiary/aromatic N) is 1. The number of alkyl halides is 3. The van der Waals surface area contributed by atoms with Gasteiger partial charge in [-0.3, -0.25) is 5.10 Å². The van der Waals surface area contributed by atoms with Crippen molar-refractivity contribution in [3.63, 3.8) is 0 Å². The summed E-state index contributed by atoms with van der Waals surface area (Å²) in [5, 5.41) is 2.77. The van der Waals surface area contributed by atoms with Gasteiger partial charge >= 0.3 is 6.18 Å². The molecule has 0 saturated carbocycles. The number of aromatic amines is 1. The van der Waals surface area contributed by atoms with Crippen LogP contribution in [0.15, 0.2) is 24.3 Å². The van der Waals surface area contributed by atoms with Crippen LogP contribution in [0.3, 0.4) is 0 Å². The van der Waals surface area contributed by atoms with Crippen molar-refractivity contribution in [1.82, 2.24) is 9.78 Å². The molecule has 0 radical (unpaired) electrons. The maximum Gasteiger partial charge on any atom is 0.433 e. The lowest BCUT2D eigenvalue weighted by molar-refractivity contribution is -0.141. The fourth-order valence-corrected chi connectivity index (χ4v) is 1.95. The average Bonchev–Trinajstić information content (AvgIpc) is 2.57. The number of benzene rings is 1. The van der Waals surface area contributed by atoms with Crippen molar-refractivity contribution in [2.24, 2.45) is 0 Å². The molecule has 0 saturated heterocycles. The van der Waals surface area contributed by atoms with E-state index in [2.05, 4.69) is 5.10 Å². The van der Waals surface area contributed by atoms with Gasteiger partial charge < -0.3 is 0 Å². The number of rotatable bonds is 1. The van der Waals surface area contributed by atoms with Gasteiger partial charge in [-0.25, -0.2) is 4.68 Å². The second-order valence-electron chi connectivity index (χ2n) is 3.73. The van der Waals surface area contributed by atoms with E-state index in [-0.39, 0.29) is 10.2 Å². The predicted octanol–water partition coefficient (Wildman–Crippen LogP) is 4.52. The van der Waals surface area contributed by atoms with E-state index in [0.29, 0.717) is 10.7 Å². The van der Waals surface area contributed by atoms with Gasteiger partial charge in [-0.2, -0.15) is 13.2 Å². The van der Waals surface area contributed by atoms with Crippen LogP contribution in [0.1, 0.15) is 11.3 Å². The zero-order chi connectivity index (χ0) is 13.5. The van der Waals surface area contributed by atoms with Gasteiger partial charge in [0.1, 0.15) is 10.3 Å². The van der Waals surface area contributed by atoms with Crippen LogP contribution in [0.5, 0.6) is 0 Å². The Morgan fingerprint density at radius 2 is 1.78 bits per heavy atom. The molecule has 7 heteroatoms. The van der Waals surface area contributed by atoms with Gasteiger partial charge in [0.15, 0.2) is 0 Å². The zero-order valence-electron chi connectivity index (χ0n) is 9.18. The lowest BCUT2D eigenvalue weighted by Crippen LogP contribution is -2.08. The Kier molecular flexibility index (Phi) is 3.25. The van der Waals surface area contributed by atoms with Crippen LogP contribution in [0.2, 0.25) is 5.02 Å². The molecule has 0 amide bonds. The van der Waals surface area contributed by atoms with E-state index in [1.165, 1.54) is 11.6 Å². The number of aromatic nitrogens is 2. The molecule has 0 aliphatic heterocycles. The molecule has 0 bridgehead atoms. The van der Waals surface area contributed by atoms with E-state index < -0.39 is 11.9 Å².